The maximum Gasteiger partial charge on any atom is 0.123 e. The average Bonchev–Trinajstić information content (AvgIpc) is 2.61. The van der Waals surface area contributed by atoms with Crippen LogP contribution in [0, 0.1) is 5.82 Å². The van der Waals surface area contributed by atoms with E-state index in [-0.39, 0.29) is 17.5 Å². The summed E-state index contributed by atoms with van der Waals surface area (Å²) in [4.78, 5) is 0. The van der Waals surface area contributed by atoms with Crippen molar-refractivity contribution in [1.29, 1.82) is 0 Å². The van der Waals surface area contributed by atoms with E-state index in [1.807, 2.05) is 13.8 Å². The quantitative estimate of drug-likeness (QED) is 0.584. The predicted molar refractivity (Wildman–Crippen MR) is 44.3 cm³/mol. The number of hydrogen-bond donors (Lipinski definition) is 0. The van der Waals surface area contributed by atoms with Gasteiger partial charge in [0.05, 0.1) is 5.60 Å². The van der Waals surface area contributed by atoms with Crippen molar-refractivity contribution in [2.24, 2.45) is 0 Å². The molecule has 0 N–H and O–H groups in total. The van der Waals surface area contributed by atoms with E-state index in [0.717, 1.165) is 5.56 Å². The van der Waals surface area contributed by atoms with Crippen LogP contribution in [0.25, 0.3) is 0 Å². The van der Waals surface area contributed by atoms with Crippen LogP contribution in [0.5, 0.6) is 0 Å². The smallest absolute Gasteiger partial charge is 0.123 e. The third-order valence-corrected chi connectivity index (χ3v) is 2.17. The van der Waals surface area contributed by atoms with Crippen LogP contribution < -0.4 is 0 Å². The molecule has 0 aliphatic carbocycles. The molecule has 1 aromatic rings. The molecular weight excluding hydrogens is 155 g/mol. The Labute approximate surface area is 71.2 Å². The summed E-state index contributed by atoms with van der Waals surface area (Å²) >= 11 is 0. The zero-order valence-corrected chi connectivity index (χ0v) is 7.17. The van der Waals surface area contributed by atoms with E-state index in [9.17, 15) is 4.39 Å². The Morgan fingerprint density at radius 1 is 1.25 bits per heavy atom. The molecule has 1 heterocycles. The number of rotatable bonds is 1. The minimum atomic E-state index is -0.197. The number of benzene rings is 1. The van der Waals surface area contributed by atoms with Gasteiger partial charge in [-0.05, 0) is 31.5 Å². The molecule has 2 heteroatoms. The molecule has 1 unspecified atom stereocenters. The average molecular weight is 166 g/mol. The van der Waals surface area contributed by atoms with E-state index in [0.29, 0.717) is 0 Å². The van der Waals surface area contributed by atoms with Crippen molar-refractivity contribution < 1.29 is 9.13 Å². The van der Waals surface area contributed by atoms with Gasteiger partial charge in [0, 0.05) is 0 Å². The number of halogens is 1. The van der Waals surface area contributed by atoms with Gasteiger partial charge in [0.1, 0.15) is 11.9 Å². The van der Waals surface area contributed by atoms with E-state index >= 15 is 0 Å². The highest BCUT2D eigenvalue weighted by Crippen LogP contribution is 2.48. The summed E-state index contributed by atoms with van der Waals surface area (Å²) < 4.78 is 17.9. The third kappa shape index (κ3) is 1.23. The van der Waals surface area contributed by atoms with E-state index < -0.39 is 0 Å². The summed E-state index contributed by atoms with van der Waals surface area (Å²) in [6.45, 7) is 4.06. The van der Waals surface area contributed by atoms with Gasteiger partial charge in [-0.3, -0.25) is 0 Å². The molecule has 1 atom stereocenters. The second-order valence-electron chi connectivity index (χ2n) is 3.65. The Morgan fingerprint density at radius 3 is 2.17 bits per heavy atom. The molecule has 1 aliphatic rings. The largest absolute Gasteiger partial charge is 0.362 e. The van der Waals surface area contributed by atoms with E-state index in [1.54, 1.807) is 12.1 Å². The van der Waals surface area contributed by atoms with E-state index in [4.69, 9.17) is 4.74 Å². The van der Waals surface area contributed by atoms with Crippen molar-refractivity contribution in [3.05, 3.63) is 35.6 Å². The van der Waals surface area contributed by atoms with Gasteiger partial charge in [-0.1, -0.05) is 12.1 Å². The Morgan fingerprint density at radius 2 is 1.75 bits per heavy atom. The van der Waals surface area contributed by atoms with Crippen molar-refractivity contribution in [3.63, 3.8) is 0 Å². The van der Waals surface area contributed by atoms with Gasteiger partial charge in [-0.2, -0.15) is 0 Å². The van der Waals surface area contributed by atoms with Crippen molar-refractivity contribution in [2.45, 2.75) is 25.6 Å². The fraction of sp³-hybridized carbons (Fsp3) is 0.400. The van der Waals surface area contributed by atoms with Crippen molar-refractivity contribution in [1.82, 2.24) is 0 Å². The first-order valence-corrected chi connectivity index (χ1v) is 4.03. The molecule has 1 fully saturated rings. The molecule has 12 heavy (non-hydrogen) atoms. The molecule has 0 bridgehead atoms. The molecule has 0 aromatic heterocycles. The van der Waals surface area contributed by atoms with E-state index in [1.165, 1.54) is 12.1 Å². The molecule has 0 spiro atoms. The fourth-order valence-corrected chi connectivity index (χ4v) is 1.38. The lowest BCUT2D eigenvalue weighted by molar-refractivity contribution is 0.325. The topological polar surface area (TPSA) is 12.5 Å². The van der Waals surface area contributed by atoms with Gasteiger partial charge < -0.3 is 4.74 Å². The zero-order valence-electron chi connectivity index (χ0n) is 7.17. The summed E-state index contributed by atoms with van der Waals surface area (Å²) in [5.74, 6) is -0.197. The molecule has 1 saturated heterocycles. The molecule has 0 amide bonds. The number of ether oxygens (including phenoxy) is 1. The van der Waals surface area contributed by atoms with Crippen molar-refractivity contribution in [3.8, 4) is 0 Å². The first kappa shape index (κ1) is 7.74. The lowest BCUT2D eigenvalue weighted by Gasteiger charge is -1.96. The fourth-order valence-electron chi connectivity index (χ4n) is 1.38. The third-order valence-electron chi connectivity index (χ3n) is 2.17. The second-order valence-corrected chi connectivity index (χ2v) is 3.65. The monoisotopic (exact) mass is 166 g/mol. The highest BCUT2D eigenvalue weighted by Gasteiger charge is 2.48. The lowest BCUT2D eigenvalue weighted by Crippen LogP contribution is -1.97. The Hall–Kier alpha value is -0.890. The van der Waals surface area contributed by atoms with Crippen LogP contribution in [-0.4, -0.2) is 5.60 Å². The minimum absolute atomic E-state index is 0.0577. The lowest BCUT2D eigenvalue weighted by atomic mass is 10.0. The molecule has 1 aromatic carbocycles. The zero-order chi connectivity index (χ0) is 8.77. The van der Waals surface area contributed by atoms with Crippen LogP contribution in [0.1, 0.15) is 25.5 Å². The molecule has 2 rings (SSSR count). The Kier molecular flexibility index (Phi) is 1.48. The van der Waals surface area contributed by atoms with Gasteiger partial charge in [0.15, 0.2) is 0 Å². The van der Waals surface area contributed by atoms with Gasteiger partial charge >= 0.3 is 0 Å². The van der Waals surface area contributed by atoms with Gasteiger partial charge in [-0.15, -0.1) is 0 Å². The predicted octanol–water partition coefficient (Wildman–Crippen LogP) is 2.68. The Balaban J connectivity index is 2.21. The highest BCUT2D eigenvalue weighted by atomic mass is 19.1. The molecule has 1 nitrogen and oxygen atoms in total. The van der Waals surface area contributed by atoms with Crippen LogP contribution in [0.3, 0.4) is 0 Å². The molecular formula is C10H11FO. The van der Waals surface area contributed by atoms with Crippen LogP contribution in [0.2, 0.25) is 0 Å². The first-order chi connectivity index (χ1) is 5.59. The molecule has 64 valence electrons. The standard InChI is InChI=1S/C10H11FO/c1-10(2)9(12-10)7-3-5-8(11)6-4-7/h3-6,9H,1-2H3. The van der Waals surface area contributed by atoms with E-state index in [2.05, 4.69) is 0 Å². The van der Waals surface area contributed by atoms with Gasteiger partial charge in [0.2, 0.25) is 0 Å². The van der Waals surface area contributed by atoms with Gasteiger partial charge in [0.25, 0.3) is 0 Å². The maximum absolute atomic E-state index is 12.5. The van der Waals surface area contributed by atoms with Crippen LogP contribution >= 0.6 is 0 Å². The van der Waals surface area contributed by atoms with Crippen LogP contribution in [0.4, 0.5) is 4.39 Å². The van der Waals surface area contributed by atoms with Crippen molar-refractivity contribution >= 4 is 0 Å². The first-order valence-electron chi connectivity index (χ1n) is 4.03. The summed E-state index contributed by atoms with van der Waals surface area (Å²) in [6, 6.07) is 6.48. The van der Waals surface area contributed by atoms with Crippen LogP contribution in [-0.2, 0) is 4.74 Å². The SMILES string of the molecule is CC1(C)OC1c1ccc(F)cc1. The van der Waals surface area contributed by atoms with Gasteiger partial charge in [-0.25, -0.2) is 4.39 Å². The molecule has 0 saturated carbocycles. The normalized spacial score (nSPS) is 25.4. The summed E-state index contributed by atoms with van der Waals surface area (Å²) in [7, 11) is 0. The molecule has 1 aliphatic heterocycles. The van der Waals surface area contributed by atoms with Crippen molar-refractivity contribution in [2.75, 3.05) is 0 Å². The highest BCUT2D eigenvalue weighted by molar-refractivity contribution is 5.25. The number of hydrogen-bond acceptors (Lipinski definition) is 1. The second kappa shape index (κ2) is 2.30. The minimum Gasteiger partial charge on any atom is -0.362 e. The Bertz CT molecular complexity index is 289. The maximum atomic E-state index is 12.5. The summed E-state index contributed by atoms with van der Waals surface area (Å²) in [5.41, 5.74) is 0.999. The van der Waals surface area contributed by atoms with Crippen LogP contribution in [0.15, 0.2) is 24.3 Å². The molecule has 0 radical (unpaired) electrons. The number of epoxide rings is 1. The summed E-state index contributed by atoms with van der Waals surface area (Å²) in [5, 5.41) is 0. The summed E-state index contributed by atoms with van der Waals surface area (Å²) in [6.07, 6.45) is 0.151.